The van der Waals surface area contributed by atoms with Crippen LogP contribution < -0.4 is 5.32 Å². The first-order valence-electron chi connectivity index (χ1n) is 5.44. The molecule has 2 heteroatoms. The predicted molar refractivity (Wildman–Crippen MR) is 58.0 cm³/mol. The fraction of sp³-hybridized carbons (Fsp3) is 0.818. The number of hydrogen-bond acceptors (Lipinski definition) is 2. The van der Waals surface area contributed by atoms with Crippen LogP contribution in [0.3, 0.4) is 0 Å². The lowest BCUT2D eigenvalue weighted by molar-refractivity contribution is 0.291. The molecule has 2 nitrogen and oxygen atoms in total. The Hall–Kier alpha value is -0.340. The van der Waals surface area contributed by atoms with Crippen molar-refractivity contribution in [3.63, 3.8) is 0 Å². The minimum Gasteiger partial charge on any atom is -0.315 e. The van der Waals surface area contributed by atoms with Gasteiger partial charge < -0.3 is 5.32 Å². The molecule has 0 radical (unpaired) electrons. The van der Waals surface area contributed by atoms with Gasteiger partial charge in [-0.2, -0.15) is 0 Å². The number of nitrogens with zero attached hydrogens (tertiary/aromatic N) is 1. The Morgan fingerprint density at radius 2 is 2.23 bits per heavy atom. The Morgan fingerprint density at radius 3 is 2.77 bits per heavy atom. The van der Waals surface area contributed by atoms with Gasteiger partial charge in [0.1, 0.15) is 0 Å². The molecule has 1 aliphatic carbocycles. The molecular formula is C11H22N2. The summed E-state index contributed by atoms with van der Waals surface area (Å²) in [4.78, 5) is 2.52. The van der Waals surface area contributed by atoms with E-state index in [4.69, 9.17) is 0 Å². The highest BCUT2D eigenvalue weighted by Gasteiger charge is 2.27. The first-order chi connectivity index (χ1) is 6.38. The fourth-order valence-electron chi connectivity index (χ4n) is 1.55. The maximum Gasteiger partial charge on any atom is 0.0164 e. The van der Waals surface area contributed by atoms with Crippen LogP contribution in [-0.2, 0) is 0 Å². The molecule has 0 amide bonds. The molecule has 0 aromatic carbocycles. The van der Waals surface area contributed by atoms with Crippen molar-refractivity contribution >= 4 is 0 Å². The minimum atomic E-state index is 0.862. The molecule has 0 aromatic heterocycles. The van der Waals surface area contributed by atoms with Crippen LogP contribution in [-0.4, -0.2) is 37.1 Å². The summed E-state index contributed by atoms with van der Waals surface area (Å²) in [6, 6.07) is 0.862. The summed E-state index contributed by atoms with van der Waals surface area (Å²) in [5.74, 6) is 0. The van der Waals surface area contributed by atoms with Gasteiger partial charge in [0.05, 0.1) is 0 Å². The highest BCUT2D eigenvalue weighted by molar-refractivity contribution is 4.88. The minimum absolute atomic E-state index is 0.862. The van der Waals surface area contributed by atoms with Crippen LogP contribution in [0.15, 0.2) is 12.7 Å². The van der Waals surface area contributed by atoms with E-state index in [1.165, 1.54) is 25.8 Å². The van der Waals surface area contributed by atoms with E-state index < -0.39 is 0 Å². The lowest BCUT2D eigenvalue weighted by Crippen LogP contribution is -2.34. The Balaban J connectivity index is 2.03. The van der Waals surface area contributed by atoms with Gasteiger partial charge in [0, 0.05) is 25.7 Å². The molecule has 0 spiro atoms. The summed E-state index contributed by atoms with van der Waals surface area (Å²) in [6.45, 7) is 10.5. The van der Waals surface area contributed by atoms with Gasteiger partial charge in [-0.15, -0.1) is 6.58 Å². The third-order valence-electron chi connectivity index (χ3n) is 2.43. The van der Waals surface area contributed by atoms with Gasteiger partial charge in [0.25, 0.3) is 0 Å². The van der Waals surface area contributed by atoms with Crippen molar-refractivity contribution in [2.24, 2.45) is 0 Å². The SMILES string of the molecule is C=CCN(CCNCCC)C1CC1. The van der Waals surface area contributed by atoms with E-state index in [-0.39, 0.29) is 0 Å². The molecule has 1 fully saturated rings. The largest absolute Gasteiger partial charge is 0.315 e. The molecule has 1 aliphatic rings. The number of rotatable bonds is 8. The van der Waals surface area contributed by atoms with Gasteiger partial charge in [-0.05, 0) is 25.8 Å². The normalized spacial score (nSPS) is 16.5. The number of hydrogen-bond donors (Lipinski definition) is 1. The quantitative estimate of drug-likeness (QED) is 0.453. The molecule has 1 N–H and O–H groups in total. The van der Waals surface area contributed by atoms with Gasteiger partial charge in [-0.25, -0.2) is 0 Å². The van der Waals surface area contributed by atoms with Gasteiger partial charge >= 0.3 is 0 Å². The van der Waals surface area contributed by atoms with Crippen molar-refractivity contribution in [3.05, 3.63) is 12.7 Å². The summed E-state index contributed by atoms with van der Waals surface area (Å²) in [5.41, 5.74) is 0. The van der Waals surface area contributed by atoms with Crippen molar-refractivity contribution in [3.8, 4) is 0 Å². The Labute approximate surface area is 82.0 Å². The first kappa shape index (κ1) is 10.7. The predicted octanol–water partition coefficient (Wildman–Crippen LogP) is 1.64. The average Bonchev–Trinajstić information content (AvgIpc) is 2.93. The van der Waals surface area contributed by atoms with Crippen molar-refractivity contribution in [2.75, 3.05) is 26.2 Å². The summed E-state index contributed by atoms with van der Waals surface area (Å²) >= 11 is 0. The zero-order chi connectivity index (χ0) is 9.52. The molecular weight excluding hydrogens is 160 g/mol. The summed E-state index contributed by atoms with van der Waals surface area (Å²) in [7, 11) is 0. The lowest BCUT2D eigenvalue weighted by atomic mass is 10.4. The van der Waals surface area contributed by atoms with Crippen molar-refractivity contribution in [1.29, 1.82) is 0 Å². The van der Waals surface area contributed by atoms with Crippen molar-refractivity contribution < 1.29 is 0 Å². The molecule has 0 heterocycles. The van der Waals surface area contributed by atoms with E-state index in [9.17, 15) is 0 Å². The molecule has 0 saturated heterocycles. The third kappa shape index (κ3) is 4.44. The molecule has 1 rings (SSSR count). The molecule has 0 bridgehead atoms. The third-order valence-corrected chi connectivity index (χ3v) is 2.43. The van der Waals surface area contributed by atoms with Crippen molar-refractivity contribution in [2.45, 2.75) is 32.2 Å². The first-order valence-corrected chi connectivity index (χ1v) is 5.44. The van der Waals surface area contributed by atoms with Gasteiger partial charge in [0.2, 0.25) is 0 Å². The van der Waals surface area contributed by atoms with Crippen LogP contribution in [0.4, 0.5) is 0 Å². The lowest BCUT2D eigenvalue weighted by Gasteiger charge is -2.19. The second-order valence-corrected chi connectivity index (χ2v) is 3.76. The number of nitrogens with one attached hydrogen (secondary N) is 1. The maximum atomic E-state index is 3.79. The molecule has 1 saturated carbocycles. The van der Waals surface area contributed by atoms with Crippen LogP contribution in [0.2, 0.25) is 0 Å². The van der Waals surface area contributed by atoms with Crippen LogP contribution >= 0.6 is 0 Å². The second-order valence-electron chi connectivity index (χ2n) is 3.76. The molecule has 0 aliphatic heterocycles. The average molecular weight is 182 g/mol. The zero-order valence-electron chi connectivity index (χ0n) is 8.76. The molecule has 76 valence electrons. The van der Waals surface area contributed by atoms with Crippen LogP contribution in [0.1, 0.15) is 26.2 Å². The van der Waals surface area contributed by atoms with E-state index in [1.54, 1.807) is 0 Å². The van der Waals surface area contributed by atoms with E-state index in [0.29, 0.717) is 0 Å². The second kappa shape index (κ2) is 6.17. The fourth-order valence-corrected chi connectivity index (χ4v) is 1.55. The highest BCUT2D eigenvalue weighted by atomic mass is 15.2. The van der Waals surface area contributed by atoms with Gasteiger partial charge in [-0.1, -0.05) is 13.0 Å². The van der Waals surface area contributed by atoms with E-state index in [0.717, 1.165) is 25.7 Å². The summed E-state index contributed by atoms with van der Waals surface area (Å²) in [6.07, 6.45) is 6.02. The van der Waals surface area contributed by atoms with E-state index >= 15 is 0 Å². The zero-order valence-corrected chi connectivity index (χ0v) is 8.76. The molecule has 0 unspecified atom stereocenters. The van der Waals surface area contributed by atoms with Crippen molar-refractivity contribution in [1.82, 2.24) is 10.2 Å². The maximum absolute atomic E-state index is 3.79. The van der Waals surface area contributed by atoms with Crippen LogP contribution in [0.5, 0.6) is 0 Å². The van der Waals surface area contributed by atoms with E-state index in [1.807, 2.05) is 6.08 Å². The van der Waals surface area contributed by atoms with Crippen LogP contribution in [0, 0.1) is 0 Å². The molecule has 13 heavy (non-hydrogen) atoms. The van der Waals surface area contributed by atoms with Gasteiger partial charge in [0.15, 0.2) is 0 Å². The monoisotopic (exact) mass is 182 g/mol. The van der Waals surface area contributed by atoms with Gasteiger partial charge in [-0.3, -0.25) is 4.90 Å². The summed E-state index contributed by atoms with van der Waals surface area (Å²) < 4.78 is 0. The van der Waals surface area contributed by atoms with E-state index in [2.05, 4.69) is 23.7 Å². The van der Waals surface area contributed by atoms with Crippen LogP contribution in [0.25, 0.3) is 0 Å². The topological polar surface area (TPSA) is 15.3 Å². The summed E-state index contributed by atoms with van der Waals surface area (Å²) in [5, 5.41) is 3.43. The molecule has 0 aromatic rings. The Kier molecular flexibility index (Phi) is 5.09. The smallest absolute Gasteiger partial charge is 0.0164 e. The molecule has 0 atom stereocenters. The standard InChI is InChI=1S/C11H22N2/c1-3-7-12-8-10-13(9-4-2)11-5-6-11/h4,11-12H,2-3,5-10H2,1H3. The Bertz CT molecular complexity index is 141. The Morgan fingerprint density at radius 1 is 1.46 bits per heavy atom. The highest BCUT2D eigenvalue weighted by Crippen LogP contribution is 2.25.